The van der Waals surface area contributed by atoms with Crippen molar-refractivity contribution in [2.75, 3.05) is 7.05 Å². The van der Waals surface area contributed by atoms with Gasteiger partial charge >= 0.3 is 0 Å². The van der Waals surface area contributed by atoms with Crippen LogP contribution in [-0.2, 0) is 4.79 Å². The van der Waals surface area contributed by atoms with Crippen LogP contribution in [0, 0.1) is 16.0 Å². The first-order valence-corrected chi connectivity index (χ1v) is 4.51. The molecule has 0 aromatic carbocycles. The molecule has 13 heavy (non-hydrogen) atoms. The van der Waals surface area contributed by atoms with E-state index in [1.165, 1.54) is 7.05 Å². The molecule has 0 radical (unpaired) electrons. The Morgan fingerprint density at radius 3 is 1.85 bits per heavy atom. The molecule has 0 aromatic rings. The van der Waals surface area contributed by atoms with E-state index in [1.54, 1.807) is 0 Å². The second-order valence-corrected chi connectivity index (χ2v) is 5.12. The molecule has 3 nitrogen and oxygen atoms in total. The Hall–Kier alpha value is -0.860. The number of hydroxylamine groups is 1. The van der Waals surface area contributed by atoms with E-state index < -0.39 is 0 Å². The van der Waals surface area contributed by atoms with Gasteiger partial charge in [0.15, 0.2) is 0 Å². The average Bonchev–Trinajstić information content (AvgIpc) is 1.96. The van der Waals surface area contributed by atoms with Crippen molar-refractivity contribution in [3.05, 3.63) is 5.21 Å². The average molecular weight is 183 g/mol. The van der Waals surface area contributed by atoms with E-state index >= 15 is 0 Å². The lowest BCUT2D eigenvalue weighted by molar-refractivity contribution is -0.425. The fraction of sp³-hybridized carbons (Fsp3) is 0.800. The predicted molar refractivity (Wildman–Crippen MR) is 51.7 cm³/mol. The van der Waals surface area contributed by atoms with E-state index in [1.807, 2.05) is 27.7 Å². The van der Waals surface area contributed by atoms with E-state index in [2.05, 4.69) is 0 Å². The van der Waals surface area contributed by atoms with Crippen LogP contribution in [-0.4, -0.2) is 23.3 Å². The fourth-order valence-corrected chi connectivity index (χ4v) is 2.47. The van der Waals surface area contributed by atoms with Crippen molar-refractivity contribution in [3.8, 4) is 0 Å². The summed E-state index contributed by atoms with van der Waals surface area (Å²) in [5.41, 5.74) is -0.244. The molecular formula is C10H17NO2. The second kappa shape index (κ2) is 2.56. The maximum Gasteiger partial charge on any atom is 0.236 e. The molecule has 0 N–H and O–H groups in total. The first-order chi connectivity index (χ1) is 5.68. The minimum absolute atomic E-state index is 0.00463. The van der Waals surface area contributed by atoms with E-state index in [0.717, 1.165) is 11.2 Å². The summed E-state index contributed by atoms with van der Waals surface area (Å²) < 4.78 is 0.719. The summed E-state index contributed by atoms with van der Waals surface area (Å²) in [7, 11) is 1.40. The summed E-state index contributed by atoms with van der Waals surface area (Å²) in [6, 6.07) is 0. The topological polar surface area (TPSA) is 43.1 Å². The van der Waals surface area contributed by atoms with Crippen LogP contribution in [0.1, 0.15) is 34.1 Å². The van der Waals surface area contributed by atoms with Gasteiger partial charge in [-0.1, -0.05) is 13.8 Å². The third-order valence-electron chi connectivity index (χ3n) is 2.67. The van der Waals surface area contributed by atoms with Crippen molar-refractivity contribution < 1.29 is 9.53 Å². The molecule has 1 fully saturated rings. The van der Waals surface area contributed by atoms with Gasteiger partial charge in [-0.3, -0.25) is 4.79 Å². The second-order valence-electron chi connectivity index (χ2n) is 5.12. The smallest absolute Gasteiger partial charge is 0.236 e. The number of carbonyl (C=O) groups is 1. The number of ketones is 1. The molecule has 0 aromatic heterocycles. The summed E-state index contributed by atoms with van der Waals surface area (Å²) >= 11 is 0. The van der Waals surface area contributed by atoms with Crippen LogP contribution < -0.4 is 0 Å². The molecule has 0 heterocycles. The quantitative estimate of drug-likeness (QED) is 0.325. The Morgan fingerprint density at radius 2 is 1.69 bits per heavy atom. The first-order valence-electron chi connectivity index (χ1n) is 4.51. The highest BCUT2D eigenvalue weighted by Gasteiger charge is 2.53. The highest BCUT2D eigenvalue weighted by Crippen LogP contribution is 2.43. The minimum atomic E-state index is -0.377. The van der Waals surface area contributed by atoms with Gasteiger partial charge in [-0.05, 0) is 20.3 Å². The molecule has 1 saturated carbocycles. The van der Waals surface area contributed by atoms with Crippen molar-refractivity contribution in [1.82, 2.24) is 0 Å². The van der Waals surface area contributed by atoms with Crippen LogP contribution in [0.4, 0.5) is 0 Å². The summed E-state index contributed by atoms with van der Waals surface area (Å²) in [6.45, 7) is 7.69. The molecule has 1 aliphatic carbocycles. The Balaban J connectivity index is 3.26. The SMILES string of the molecule is C/[N+]([O-])=C1/C(=O)C(C)(C)CC1(C)C. The van der Waals surface area contributed by atoms with Gasteiger partial charge in [-0.25, -0.2) is 4.74 Å². The molecule has 0 bridgehead atoms. The Kier molecular flexibility index (Phi) is 2.02. The lowest BCUT2D eigenvalue weighted by Crippen LogP contribution is -2.31. The van der Waals surface area contributed by atoms with Crippen LogP contribution in [0.5, 0.6) is 0 Å². The molecule has 1 aliphatic rings. The van der Waals surface area contributed by atoms with Crippen LogP contribution >= 0.6 is 0 Å². The summed E-state index contributed by atoms with van der Waals surface area (Å²) in [5, 5.41) is 11.2. The number of nitrogens with zero attached hydrogens (tertiary/aromatic N) is 1. The van der Waals surface area contributed by atoms with Gasteiger partial charge in [0, 0.05) is 5.41 Å². The molecule has 0 unspecified atom stereocenters. The molecule has 0 atom stereocenters. The van der Waals surface area contributed by atoms with Crippen molar-refractivity contribution in [1.29, 1.82) is 0 Å². The molecule has 0 saturated heterocycles. The fourth-order valence-electron chi connectivity index (χ4n) is 2.47. The van der Waals surface area contributed by atoms with Crippen LogP contribution in [0.2, 0.25) is 0 Å². The normalized spacial score (nSPS) is 29.2. The van der Waals surface area contributed by atoms with Gasteiger partial charge in [0.25, 0.3) is 0 Å². The Morgan fingerprint density at radius 1 is 1.23 bits per heavy atom. The zero-order valence-electron chi connectivity index (χ0n) is 8.97. The van der Waals surface area contributed by atoms with Gasteiger partial charge in [0.05, 0.1) is 5.41 Å². The van der Waals surface area contributed by atoms with E-state index in [9.17, 15) is 10.0 Å². The van der Waals surface area contributed by atoms with Gasteiger partial charge < -0.3 is 5.21 Å². The summed E-state index contributed by atoms with van der Waals surface area (Å²) in [6.07, 6.45) is 0.751. The molecule has 3 heteroatoms. The number of rotatable bonds is 0. The van der Waals surface area contributed by atoms with Crippen molar-refractivity contribution >= 4 is 11.5 Å². The molecule has 1 rings (SSSR count). The predicted octanol–water partition coefficient (Wildman–Crippen LogP) is 1.59. The number of hydrogen-bond donors (Lipinski definition) is 0. The summed E-state index contributed by atoms with van der Waals surface area (Å²) in [4.78, 5) is 11.8. The molecular weight excluding hydrogens is 166 g/mol. The maximum atomic E-state index is 11.8. The lowest BCUT2D eigenvalue weighted by atomic mass is 9.84. The third-order valence-corrected chi connectivity index (χ3v) is 2.67. The lowest BCUT2D eigenvalue weighted by Gasteiger charge is -2.17. The van der Waals surface area contributed by atoms with Crippen LogP contribution in [0.3, 0.4) is 0 Å². The number of Topliss-reactive ketones (excluding diaryl/α,β-unsaturated/α-hetero) is 1. The Bertz CT molecular complexity index is 283. The summed E-state index contributed by atoms with van der Waals surface area (Å²) in [5.74, 6) is -0.00463. The van der Waals surface area contributed by atoms with Gasteiger partial charge in [0.1, 0.15) is 7.05 Å². The Labute approximate surface area is 79.0 Å². The first kappa shape index (κ1) is 10.2. The monoisotopic (exact) mass is 183 g/mol. The highest BCUT2D eigenvalue weighted by molar-refractivity contribution is 6.43. The maximum absolute atomic E-state index is 11.8. The van der Waals surface area contributed by atoms with E-state index in [0.29, 0.717) is 5.71 Å². The highest BCUT2D eigenvalue weighted by atomic mass is 16.5. The van der Waals surface area contributed by atoms with Crippen molar-refractivity contribution in [2.24, 2.45) is 10.8 Å². The van der Waals surface area contributed by atoms with Crippen molar-refractivity contribution in [2.45, 2.75) is 34.1 Å². The minimum Gasteiger partial charge on any atom is -0.624 e. The zero-order chi connectivity index (χ0) is 10.4. The number of carbonyl (C=O) groups excluding carboxylic acids is 1. The number of hydrogen-bond acceptors (Lipinski definition) is 2. The molecule has 74 valence electrons. The van der Waals surface area contributed by atoms with Crippen LogP contribution in [0.25, 0.3) is 0 Å². The van der Waals surface area contributed by atoms with Crippen molar-refractivity contribution in [3.63, 3.8) is 0 Å². The standard InChI is InChI=1S/C10H17NO2/c1-9(2)6-10(3,4)8(12)7(9)11(5)13/h6H2,1-5H3/b11-7+. The van der Waals surface area contributed by atoms with Crippen LogP contribution in [0.15, 0.2) is 0 Å². The largest absolute Gasteiger partial charge is 0.624 e. The molecule has 0 amide bonds. The molecule has 0 aliphatic heterocycles. The third kappa shape index (κ3) is 1.47. The molecule has 0 spiro atoms. The van der Waals surface area contributed by atoms with Gasteiger partial charge in [-0.15, -0.1) is 0 Å². The zero-order valence-corrected chi connectivity index (χ0v) is 8.97. The van der Waals surface area contributed by atoms with E-state index in [4.69, 9.17) is 0 Å². The van der Waals surface area contributed by atoms with E-state index in [-0.39, 0.29) is 16.6 Å². The van der Waals surface area contributed by atoms with Gasteiger partial charge in [-0.2, -0.15) is 0 Å². The van der Waals surface area contributed by atoms with Gasteiger partial charge in [0.2, 0.25) is 11.5 Å².